The van der Waals surface area contributed by atoms with Gasteiger partial charge < -0.3 is 20.1 Å². The summed E-state index contributed by atoms with van der Waals surface area (Å²) in [5, 5.41) is 13.0. The van der Waals surface area contributed by atoms with Gasteiger partial charge in [-0.05, 0) is 94.6 Å². The van der Waals surface area contributed by atoms with Gasteiger partial charge in [0, 0.05) is 30.8 Å². The zero-order chi connectivity index (χ0) is 29.3. The number of rotatable bonds is 10. The summed E-state index contributed by atoms with van der Waals surface area (Å²) < 4.78 is 35.4. The van der Waals surface area contributed by atoms with E-state index in [1.54, 1.807) is 0 Å². The van der Waals surface area contributed by atoms with Crippen molar-refractivity contribution in [3.05, 3.63) is 58.4 Å². The van der Waals surface area contributed by atoms with Crippen LogP contribution in [0.4, 0.5) is 14.5 Å². The van der Waals surface area contributed by atoms with Gasteiger partial charge in [-0.25, -0.2) is 13.6 Å². The lowest BCUT2D eigenvalue weighted by molar-refractivity contribution is -0.141. The summed E-state index contributed by atoms with van der Waals surface area (Å²) in [7, 11) is 0. The van der Waals surface area contributed by atoms with E-state index in [4.69, 9.17) is 4.74 Å². The average Bonchev–Trinajstić information content (AvgIpc) is 3.69. The zero-order valence-corrected chi connectivity index (χ0v) is 24.2. The van der Waals surface area contributed by atoms with Gasteiger partial charge in [0.1, 0.15) is 23.8 Å². The summed E-state index contributed by atoms with van der Waals surface area (Å²) in [4.78, 5) is 28.1. The van der Waals surface area contributed by atoms with Crippen molar-refractivity contribution >= 4 is 17.6 Å². The minimum absolute atomic E-state index is 0.185. The number of anilines is 1. The molecule has 1 saturated carbocycles. The number of carboxylic acid groups (broad SMARTS) is 1. The fourth-order valence-electron chi connectivity index (χ4n) is 6.04. The largest absolute Gasteiger partial charge is 0.493 e. The molecule has 2 saturated heterocycles. The van der Waals surface area contributed by atoms with Gasteiger partial charge in [0.2, 0.25) is 0 Å². The molecule has 0 bridgehead atoms. The third kappa shape index (κ3) is 7.00. The predicted octanol–water partition coefficient (Wildman–Crippen LogP) is 5.76. The Kier molecular flexibility index (Phi) is 8.82. The first-order chi connectivity index (χ1) is 19.6. The second-order valence-electron chi connectivity index (χ2n) is 12.3. The standard InChI is InChI=1S/C32H41F2N3O4/c1-19(2)35-28-7-4-20(3)12-23(28)16-36-10-8-21(9-11-36)18-41-30-15-27(34)26(14-25(30)22-5-6-22)31(38)37-17-24(33)13-29(37)32(39)40/h4,7,12,14-15,19,21-22,24,29,35H,5-6,8-11,13,16-18H2,1-3H3,(H,39,40)/t24-,29+/m1/s1. The van der Waals surface area contributed by atoms with Crippen LogP contribution in [0.3, 0.4) is 0 Å². The highest BCUT2D eigenvalue weighted by atomic mass is 19.1. The molecule has 0 radical (unpaired) electrons. The van der Waals surface area contributed by atoms with E-state index in [-0.39, 0.29) is 24.4 Å². The predicted molar refractivity (Wildman–Crippen MR) is 154 cm³/mol. The highest BCUT2D eigenvalue weighted by Gasteiger charge is 2.41. The van der Waals surface area contributed by atoms with Crippen molar-refractivity contribution in [2.45, 2.75) is 83.6 Å². The number of aliphatic carboxylic acids is 1. The third-order valence-electron chi connectivity index (χ3n) is 8.42. The van der Waals surface area contributed by atoms with Crippen LogP contribution in [0.1, 0.15) is 78.9 Å². The molecule has 3 aliphatic rings. The number of carbonyl (C=O) groups is 2. The summed E-state index contributed by atoms with van der Waals surface area (Å²) in [6.07, 6.45) is 2.09. The van der Waals surface area contributed by atoms with Crippen molar-refractivity contribution < 1.29 is 28.2 Å². The Balaban J connectivity index is 1.20. The van der Waals surface area contributed by atoms with Crippen LogP contribution in [-0.4, -0.2) is 71.3 Å². The number of piperidine rings is 1. The van der Waals surface area contributed by atoms with Gasteiger partial charge in [-0.15, -0.1) is 0 Å². The van der Waals surface area contributed by atoms with Crippen LogP contribution in [0.25, 0.3) is 0 Å². The molecule has 9 heteroatoms. The molecule has 3 fully saturated rings. The number of alkyl halides is 1. The van der Waals surface area contributed by atoms with E-state index in [0.29, 0.717) is 24.3 Å². The number of likely N-dealkylation sites (tertiary alicyclic amines) is 2. The van der Waals surface area contributed by atoms with Crippen LogP contribution in [-0.2, 0) is 11.3 Å². The Morgan fingerprint density at radius 3 is 2.51 bits per heavy atom. The second kappa shape index (κ2) is 12.3. The SMILES string of the molecule is Cc1ccc(NC(C)C)c(CN2CCC(COc3cc(F)c(C(=O)N4C[C@H](F)C[C@H]4C(=O)O)cc3C3CC3)CC2)c1. The number of carbonyl (C=O) groups excluding carboxylic acids is 1. The van der Waals surface area contributed by atoms with E-state index in [2.05, 4.69) is 49.2 Å². The molecule has 2 atom stereocenters. The topological polar surface area (TPSA) is 82.1 Å². The maximum absolute atomic E-state index is 15.2. The summed E-state index contributed by atoms with van der Waals surface area (Å²) in [5.74, 6) is -1.84. The van der Waals surface area contributed by atoms with Crippen molar-refractivity contribution in [1.29, 1.82) is 0 Å². The van der Waals surface area contributed by atoms with Gasteiger partial charge in [0.25, 0.3) is 5.91 Å². The molecule has 2 heterocycles. The Morgan fingerprint density at radius 2 is 1.85 bits per heavy atom. The summed E-state index contributed by atoms with van der Waals surface area (Å²) in [6.45, 7) is 9.33. The molecule has 7 nitrogen and oxygen atoms in total. The van der Waals surface area contributed by atoms with Gasteiger partial charge >= 0.3 is 5.97 Å². The maximum Gasteiger partial charge on any atom is 0.326 e. The van der Waals surface area contributed by atoms with Crippen molar-refractivity contribution in [3.8, 4) is 5.75 Å². The van der Waals surface area contributed by atoms with Crippen LogP contribution in [0.15, 0.2) is 30.3 Å². The molecule has 41 heavy (non-hydrogen) atoms. The lowest BCUT2D eigenvalue weighted by atomic mass is 9.96. The normalized spacial score (nSPS) is 21.9. The summed E-state index contributed by atoms with van der Waals surface area (Å²) in [5.41, 5.74) is 4.30. The van der Waals surface area contributed by atoms with Crippen molar-refractivity contribution in [3.63, 3.8) is 0 Å². The molecule has 2 aromatic rings. The first-order valence-electron chi connectivity index (χ1n) is 14.8. The smallest absolute Gasteiger partial charge is 0.326 e. The monoisotopic (exact) mass is 569 g/mol. The number of halogens is 2. The fraction of sp³-hybridized carbons (Fsp3) is 0.562. The number of carboxylic acids is 1. The van der Waals surface area contributed by atoms with Gasteiger partial charge in [0.05, 0.1) is 18.7 Å². The zero-order valence-electron chi connectivity index (χ0n) is 24.2. The minimum Gasteiger partial charge on any atom is -0.493 e. The minimum atomic E-state index is -1.43. The van der Waals surface area contributed by atoms with Crippen molar-refractivity contribution in [1.82, 2.24) is 9.80 Å². The van der Waals surface area contributed by atoms with Crippen molar-refractivity contribution in [2.24, 2.45) is 5.92 Å². The number of nitrogens with zero attached hydrogens (tertiary/aromatic N) is 2. The van der Waals surface area contributed by atoms with Crippen LogP contribution in [0.2, 0.25) is 0 Å². The molecule has 1 amide bonds. The first kappa shape index (κ1) is 29.3. The number of nitrogens with one attached hydrogen (secondary N) is 1. The number of hydrogen-bond donors (Lipinski definition) is 2. The highest BCUT2D eigenvalue weighted by Crippen LogP contribution is 2.45. The van der Waals surface area contributed by atoms with Gasteiger partial charge in [-0.2, -0.15) is 0 Å². The van der Waals surface area contributed by atoms with E-state index in [1.165, 1.54) is 28.9 Å². The first-order valence-corrected chi connectivity index (χ1v) is 14.8. The molecular weight excluding hydrogens is 528 g/mol. The van der Waals surface area contributed by atoms with Crippen LogP contribution >= 0.6 is 0 Å². The Morgan fingerprint density at radius 1 is 1.12 bits per heavy atom. The Labute approximate surface area is 240 Å². The van der Waals surface area contributed by atoms with E-state index < -0.39 is 29.9 Å². The maximum atomic E-state index is 15.2. The van der Waals surface area contributed by atoms with Crippen LogP contribution < -0.4 is 10.1 Å². The molecule has 5 rings (SSSR count). The number of benzene rings is 2. The molecule has 2 aliphatic heterocycles. The number of hydrogen-bond acceptors (Lipinski definition) is 5. The second-order valence-corrected chi connectivity index (χ2v) is 12.3. The lowest BCUT2D eigenvalue weighted by Crippen LogP contribution is -2.41. The fourth-order valence-corrected chi connectivity index (χ4v) is 6.04. The molecule has 0 aromatic heterocycles. The lowest BCUT2D eigenvalue weighted by Gasteiger charge is -2.32. The van der Waals surface area contributed by atoms with Crippen molar-refractivity contribution in [2.75, 3.05) is 31.6 Å². The highest BCUT2D eigenvalue weighted by molar-refractivity contribution is 5.97. The van der Waals surface area contributed by atoms with E-state index >= 15 is 4.39 Å². The summed E-state index contributed by atoms with van der Waals surface area (Å²) >= 11 is 0. The number of amides is 1. The summed E-state index contributed by atoms with van der Waals surface area (Å²) in [6, 6.07) is 8.39. The van der Waals surface area contributed by atoms with Gasteiger partial charge in [-0.1, -0.05) is 17.7 Å². The Bertz CT molecular complexity index is 1270. The van der Waals surface area contributed by atoms with E-state index in [0.717, 1.165) is 55.8 Å². The van der Waals surface area contributed by atoms with Gasteiger partial charge in [0.15, 0.2) is 0 Å². The molecular formula is C32H41F2N3O4. The molecule has 0 unspecified atom stereocenters. The van der Waals surface area contributed by atoms with Crippen LogP contribution in [0, 0.1) is 18.7 Å². The number of ether oxygens (including phenoxy) is 1. The molecule has 222 valence electrons. The van der Waals surface area contributed by atoms with E-state index in [1.807, 2.05) is 0 Å². The Hall–Kier alpha value is -3.20. The third-order valence-corrected chi connectivity index (χ3v) is 8.42. The molecule has 0 spiro atoms. The van der Waals surface area contributed by atoms with Gasteiger partial charge in [-0.3, -0.25) is 9.69 Å². The van der Waals surface area contributed by atoms with E-state index in [9.17, 15) is 19.1 Å². The molecule has 2 aromatic carbocycles. The van der Waals surface area contributed by atoms with Crippen LogP contribution in [0.5, 0.6) is 5.75 Å². The molecule has 1 aliphatic carbocycles. The average molecular weight is 570 g/mol. The quantitative estimate of drug-likeness (QED) is 0.379. The molecule has 2 N–H and O–H groups in total. The number of aryl methyl sites for hydroxylation is 1.